The van der Waals surface area contributed by atoms with E-state index in [1.807, 2.05) is 12.1 Å². The second-order valence-electron chi connectivity index (χ2n) is 4.81. The lowest BCUT2D eigenvalue weighted by Crippen LogP contribution is -2.11. The van der Waals surface area contributed by atoms with E-state index in [0.717, 1.165) is 5.56 Å². The molecule has 0 spiro atoms. The van der Waals surface area contributed by atoms with Gasteiger partial charge in [-0.1, -0.05) is 12.1 Å². The first-order chi connectivity index (χ1) is 11.3. The van der Waals surface area contributed by atoms with Crippen molar-refractivity contribution in [2.75, 3.05) is 12.4 Å². The summed E-state index contributed by atoms with van der Waals surface area (Å²) >= 11 is 0. The fraction of sp³-hybridized carbons (Fsp3) is 0.125. The van der Waals surface area contributed by atoms with Crippen molar-refractivity contribution in [3.63, 3.8) is 0 Å². The standard InChI is InChI=1S/C16H15N5O2/c1-23-11-12-4-2-5-13(8-12)15(22)20-14-9-19-21(10-14)16-17-6-3-7-18-16/h2-10H,11H2,1H3,(H,20,22). The minimum Gasteiger partial charge on any atom is -0.380 e. The van der Waals surface area contributed by atoms with Crippen LogP contribution in [0.15, 0.2) is 55.1 Å². The molecule has 0 aliphatic carbocycles. The van der Waals surface area contributed by atoms with Crippen molar-refractivity contribution in [2.24, 2.45) is 0 Å². The highest BCUT2D eigenvalue weighted by Gasteiger charge is 2.09. The number of carbonyl (C=O) groups excluding carboxylic acids is 1. The first-order valence-corrected chi connectivity index (χ1v) is 6.97. The van der Waals surface area contributed by atoms with E-state index in [1.54, 1.807) is 50.1 Å². The summed E-state index contributed by atoms with van der Waals surface area (Å²) in [5.41, 5.74) is 2.07. The maximum atomic E-state index is 12.3. The number of ether oxygens (including phenoxy) is 1. The fourth-order valence-electron chi connectivity index (χ4n) is 2.08. The van der Waals surface area contributed by atoms with Gasteiger partial charge in [-0.3, -0.25) is 4.79 Å². The lowest BCUT2D eigenvalue weighted by Gasteiger charge is -2.05. The summed E-state index contributed by atoms with van der Waals surface area (Å²) in [5, 5.41) is 6.94. The molecule has 0 radical (unpaired) electrons. The Balaban J connectivity index is 1.73. The van der Waals surface area contributed by atoms with Gasteiger partial charge in [0.2, 0.25) is 5.95 Å². The van der Waals surface area contributed by atoms with Gasteiger partial charge < -0.3 is 10.1 Å². The Morgan fingerprint density at radius 1 is 1.26 bits per heavy atom. The Kier molecular flexibility index (Phi) is 4.39. The number of nitrogens with zero attached hydrogens (tertiary/aromatic N) is 4. The second-order valence-corrected chi connectivity index (χ2v) is 4.81. The van der Waals surface area contributed by atoms with Crippen LogP contribution in [-0.4, -0.2) is 32.8 Å². The molecule has 2 heterocycles. The molecule has 1 aromatic carbocycles. The van der Waals surface area contributed by atoms with Gasteiger partial charge >= 0.3 is 0 Å². The van der Waals surface area contributed by atoms with Crippen molar-refractivity contribution < 1.29 is 9.53 Å². The van der Waals surface area contributed by atoms with Crippen molar-refractivity contribution in [2.45, 2.75) is 6.61 Å². The Labute approximate surface area is 133 Å². The summed E-state index contributed by atoms with van der Waals surface area (Å²) in [5.74, 6) is 0.228. The molecule has 0 aliphatic heterocycles. The molecule has 1 amide bonds. The van der Waals surface area contributed by atoms with E-state index in [4.69, 9.17) is 4.74 Å². The van der Waals surface area contributed by atoms with Gasteiger partial charge in [-0.2, -0.15) is 5.10 Å². The maximum Gasteiger partial charge on any atom is 0.255 e. The normalized spacial score (nSPS) is 10.5. The van der Waals surface area contributed by atoms with Crippen molar-refractivity contribution >= 4 is 11.6 Å². The molecule has 116 valence electrons. The van der Waals surface area contributed by atoms with Gasteiger partial charge in [-0.15, -0.1) is 0 Å². The molecular weight excluding hydrogens is 294 g/mol. The van der Waals surface area contributed by atoms with Gasteiger partial charge in [0.05, 0.1) is 24.7 Å². The smallest absolute Gasteiger partial charge is 0.255 e. The van der Waals surface area contributed by atoms with Gasteiger partial charge in [0.15, 0.2) is 0 Å². The summed E-state index contributed by atoms with van der Waals surface area (Å²) in [7, 11) is 1.62. The summed E-state index contributed by atoms with van der Waals surface area (Å²) in [6, 6.07) is 9.00. The molecule has 0 saturated heterocycles. The molecule has 0 atom stereocenters. The molecule has 2 aromatic heterocycles. The van der Waals surface area contributed by atoms with Crippen LogP contribution >= 0.6 is 0 Å². The van der Waals surface area contributed by atoms with E-state index in [9.17, 15) is 4.79 Å². The number of aromatic nitrogens is 4. The first kappa shape index (κ1) is 14.9. The van der Waals surface area contributed by atoms with E-state index >= 15 is 0 Å². The molecule has 7 heteroatoms. The van der Waals surface area contributed by atoms with Crippen LogP contribution in [0.25, 0.3) is 5.95 Å². The average molecular weight is 309 g/mol. The lowest BCUT2D eigenvalue weighted by atomic mass is 10.1. The molecule has 23 heavy (non-hydrogen) atoms. The fourth-order valence-corrected chi connectivity index (χ4v) is 2.08. The molecule has 7 nitrogen and oxygen atoms in total. The Hall–Kier alpha value is -3.06. The van der Waals surface area contributed by atoms with Crippen molar-refractivity contribution in [3.05, 3.63) is 66.2 Å². The number of anilines is 1. The molecular formula is C16H15N5O2. The number of hydrogen-bond acceptors (Lipinski definition) is 5. The summed E-state index contributed by atoms with van der Waals surface area (Å²) in [6.45, 7) is 0.463. The number of nitrogens with one attached hydrogen (secondary N) is 1. The summed E-state index contributed by atoms with van der Waals surface area (Å²) in [4.78, 5) is 20.5. The summed E-state index contributed by atoms with van der Waals surface area (Å²) in [6.07, 6.45) is 6.46. The van der Waals surface area contributed by atoms with Crippen LogP contribution in [0, 0.1) is 0 Å². The Bertz CT molecular complexity index is 801. The summed E-state index contributed by atoms with van der Waals surface area (Å²) < 4.78 is 6.57. The predicted octanol–water partition coefficient (Wildman–Crippen LogP) is 2.06. The van der Waals surface area contributed by atoms with Crippen molar-refractivity contribution in [1.29, 1.82) is 0 Å². The van der Waals surface area contributed by atoms with Crippen LogP contribution < -0.4 is 5.32 Å². The van der Waals surface area contributed by atoms with Crippen LogP contribution in [-0.2, 0) is 11.3 Å². The molecule has 0 unspecified atom stereocenters. The Morgan fingerprint density at radius 3 is 2.87 bits per heavy atom. The van der Waals surface area contributed by atoms with E-state index in [1.165, 1.54) is 4.68 Å². The van der Waals surface area contributed by atoms with Crippen LogP contribution in [0.4, 0.5) is 5.69 Å². The third-order valence-corrected chi connectivity index (χ3v) is 3.10. The molecule has 0 aliphatic rings. The van der Waals surface area contributed by atoms with Gasteiger partial charge in [-0.25, -0.2) is 14.6 Å². The van der Waals surface area contributed by atoms with E-state index < -0.39 is 0 Å². The van der Waals surface area contributed by atoms with Crippen LogP contribution in [0.5, 0.6) is 0 Å². The monoisotopic (exact) mass is 309 g/mol. The van der Waals surface area contributed by atoms with E-state index in [2.05, 4.69) is 20.4 Å². The highest BCUT2D eigenvalue weighted by molar-refractivity contribution is 6.04. The van der Waals surface area contributed by atoms with E-state index in [-0.39, 0.29) is 5.91 Å². The zero-order valence-corrected chi connectivity index (χ0v) is 12.5. The molecule has 0 bridgehead atoms. The number of rotatable bonds is 5. The quantitative estimate of drug-likeness (QED) is 0.780. The third-order valence-electron chi connectivity index (χ3n) is 3.10. The van der Waals surface area contributed by atoms with Crippen molar-refractivity contribution in [1.82, 2.24) is 19.7 Å². The Morgan fingerprint density at radius 2 is 2.09 bits per heavy atom. The third kappa shape index (κ3) is 3.58. The zero-order chi connectivity index (χ0) is 16.1. The molecule has 0 fully saturated rings. The number of carbonyl (C=O) groups is 1. The number of benzene rings is 1. The van der Waals surface area contributed by atoms with Crippen LogP contribution in [0.1, 0.15) is 15.9 Å². The first-order valence-electron chi connectivity index (χ1n) is 6.97. The van der Waals surface area contributed by atoms with Crippen LogP contribution in [0.2, 0.25) is 0 Å². The SMILES string of the molecule is COCc1cccc(C(=O)Nc2cnn(-c3ncccn3)c2)c1. The molecule has 3 aromatic rings. The lowest BCUT2D eigenvalue weighted by molar-refractivity contribution is 0.102. The zero-order valence-electron chi connectivity index (χ0n) is 12.5. The minimum atomic E-state index is -0.212. The number of methoxy groups -OCH3 is 1. The topological polar surface area (TPSA) is 81.9 Å². The van der Waals surface area contributed by atoms with E-state index in [0.29, 0.717) is 23.8 Å². The van der Waals surface area contributed by atoms with Gasteiger partial charge in [0, 0.05) is 25.1 Å². The number of amides is 1. The highest BCUT2D eigenvalue weighted by Crippen LogP contribution is 2.12. The van der Waals surface area contributed by atoms with Gasteiger partial charge in [0.1, 0.15) is 0 Å². The van der Waals surface area contributed by atoms with Gasteiger partial charge in [0.25, 0.3) is 5.91 Å². The van der Waals surface area contributed by atoms with Gasteiger partial charge in [-0.05, 0) is 23.8 Å². The molecule has 3 rings (SSSR count). The minimum absolute atomic E-state index is 0.212. The highest BCUT2D eigenvalue weighted by atomic mass is 16.5. The van der Waals surface area contributed by atoms with Crippen LogP contribution in [0.3, 0.4) is 0 Å². The maximum absolute atomic E-state index is 12.3. The van der Waals surface area contributed by atoms with Crippen molar-refractivity contribution in [3.8, 4) is 5.95 Å². The largest absolute Gasteiger partial charge is 0.380 e. The number of hydrogen-bond donors (Lipinski definition) is 1. The molecule has 1 N–H and O–H groups in total. The molecule has 0 saturated carbocycles. The second kappa shape index (κ2) is 6.80. The average Bonchev–Trinajstić information content (AvgIpc) is 3.05. The predicted molar refractivity (Wildman–Crippen MR) is 84.3 cm³/mol.